The van der Waals surface area contributed by atoms with Crippen molar-refractivity contribution in [2.75, 3.05) is 0 Å². The van der Waals surface area contributed by atoms with E-state index in [1.165, 1.54) is 12.8 Å². The Hall–Kier alpha value is -0.620. The maximum absolute atomic E-state index is 12.0. The fourth-order valence-corrected chi connectivity index (χ4v) is 3.51. The minimum absolute atomic E-state index is 0.341. The third-order valence-corrected chi connectivity index (χ3v) is 5.77. The lowest BCUT2D eigenvalue weighted by Gasteiger charge is -2.24. The van der Waals surface area contributed by atoms with Gasteiger partial charge in [0.2, 0.25) is 10.0 Å². The van der Waals surface area contributed by atoms with E-state index in [1.807, 2.05) is 0 Å². The van der Waals surface area contributed by atoms with Gasteiger partial charge in [-0.2, -0.15) is 0 Å². The minimum atomic E-state index is -3.51. The number of amides is 1. The summed E-state index contributed by atoms with van der Waals surface area (Å²) in [5.41, 5.74) is 0. The SMILES string of the molecule is CC(C)S(=O)(=O)NC(=O)C1CC2CCCCC2N1. The second-order valence-corrected chi connectivity index (χ2v) is 7.90. The van der Waals surface area contributed by atoms with Crippen molar-refractivity contribution in [3.8, 4) is 0 Å². The largest absolute Gasteiger partial charge is 0.303 e. The van der Waals surface area contributed by atoms with E-state index in [2.05, 4.69) is 10.0 Å². The topological polar surface area (TPSA) is 75.3 Å². The lowest BCUT2D eigenvalue weighted by molar-refractivity contribution is -0.121. The normalized spacial score (nSPS) is 32.3. The van der Waals surface area contributed by atoms with Crippen molar-refractivity contribution in [1.29, 1.82) is 0 Å². The summed E-state index contributed by atoms with van der Waals surface area (Å²) in [5, 5.41) is 2.70. The second kappa shape index (κ2) is 5.17. The van der Waals surface area contributed by atoms with E-state index in [9.17, 15) is 13.2 Å². The van der Waals surface area contributed by atoms with Crippen LogP contribution in [0.2, 0.25) is 0 Å². The van der Waals surface area contributed by atoms with Gasteiger partial charge in [0.1, 0.15) is 0 Å². The Balaban J connectivity index is 1.95. The van der Waals surface area contributed by atoms with E-state index >= 15 is 0 Å². The predicted molar refractivity (Wildman–Crippen MR) is 69.5 cm³/mol. The molecule has 0 aromatic heterocycles. The third-order valence-electron chi connectivity index (χ3n) is 4.04. The number of rotatable bonds is 3. The third kappa shape index (κ3) is 2.85. The molecule has 1 aliphatic heterocycles. The Labute approximate surface area is 109 Å². The molecule has 6 heteroatoms. The number of sulfonamides is 1. The molecule has 3 atom stereocenters. The van der Waals surface area contributed by atoms with Crippen molar-refractivity contribution >= 4 is 15.9 Å². The van der Waals surface area contributed by atoms with E-state index in [4.69, 9.17) is 0 Å². The van der Waals surface area contributed by atoms with Crippen LogP contribution in [0, 0.1) is 5.92 Å². The summed E-state index contributed by atoms with van der Waals surface area (Å²) in [4.78, 5) is 12.0. The average molecular weight is 274 g/mol. The molecule has 1 saturated heterocycles. The van der Waals surface area contributed by atoms with E-state index in [0.29, 0.717) is 12.0 Å². The van der Waals surface area contributed by atoms with Crippen LogP contribution in [0.25, 0.3) is 0 Å². The van der Waals surface area contributed by atoms with E-state index in [1.54, 1.807) is 13.8 Å². The molecule has 1 heterocycles. The molecular weight excluding hydrogens is 252 g/mol. The molecule has 3 unspecified atom stereocenters. The van der Waals surface area contributed by atoms with E-state index < -0.39 is 21.2 Å². The highest BCUT2D eigenvalue weighted by Crippen LogP contribution is 2.33. The van der Waals surface area contributed by atoms with Gasteiger partial charge in [-0.15, -0.1) is 0 Å². The first kappa shape index (κ1) is 13.8. The highest BCUT2D eigenvalue weighted by atomic mass is 32.2. The van der Waals surface area contributed by atoms with Crippen LogP contribution >= 0.6 is 0 Å². The Bertz CT molecular complexity index is 405. The van der Waals surface area contributed by atoms with Crippen LogP contribution in [0.4, 0.5) is 0 Å². The van der Waals surface area contributed by atoms with Crippen LogP contribution in [-0.2, 0) is 14.8 Å². The number of carbonyl (C=O) groups is 1. The zero-order valence-corrected chi connectivity index (χ0v) is 11.8. The average Bonchev–Trinajstić information content (AvgIpc) is 2.71. The predicted octanol–water partition coefficient (Wildman–Crippen LogP) is 0.761. The fraction of sp³-hybridized carbons (Fsp3) is 0.917. The van der Waals surface area contributed by atoms with Crippen molar-refractivity contribution < 1.29 is 13.2 Å². The van der Waals surface area contributed by atoms with Crippen LogP contribution in [0.15, 0.2) is 0 Å². The number of hydrogen-bond acceptors (Lipinski definition) is 4. The second-order valence-electron chi connectivity index (χ2n) is 5.67. The molecular formula is C12H22N2O3S. The van der Waals surface area contributed by atoms with Gasteiger partial charge >= 0.3 is 0 Å². The molecule has 2 N–H and O–H groups in total. The van der Waals surface area contributed by atoms with E-state index in [0.717, 1.165) is 19.3 Å². The van der Waals surface area contributed by atoms with Crippen LogP contribution < -0.4 is 10.0 Å². The fourth-order valence-electron chi connectivity index (χ4n) is 2.85. The molecule has 0 aromatic carbocycles. The first-order chi connectivity index (χ1) is 8.40. The molecule has 0 radical (unpaired) electrons. The summed E-state index contributed by atoms with van der Waals surface area (Å²) in [6.45, 7) is 3.13. The summed E-state index contributed by atoms with van der Waals surface area (Å²) >= 11 is 0. The maximum Gasteiger partial charge on any atom is 0.250 e. The zero-order valence-electron chi connectivity index (χ0n) is 11.0. The zero-order chi connectivity index (χ0) is 13.3. The first-order valence-corrected chi connectivity index (χ1v) is 8.26. The lowest BCUT2D eigenvalue weighted by Crippen LogP contribution is -2.46. The van der Waals surface area contributed by atoms with Gasteiger partial charge in [0.25, 0.3) is 5.91 Å². The Morgan fingerprint density at radius 1 is 1.28 bits per heavy atom. The Morgan fingerprint density at radius 3 is 2.56 bits per heavy atom. The van der Waals surface area contributed by atoms with Gasteiger partial charge in [0.15, 0.2) is 0 Å². The van der Waals surface area contributed by atoms with Gasteiger partial charge in [-0.1, -0.05) is 12.8 Å². The summed E-state index contributed by atoms with van der Waals surface area (Å²) in [7, 11) is -3.51. The van der Waals surface area contributed by atoms with Crippen molar-refractivity contribution in [1.82, 2.24) is 10.0 Å². The van der Waals surface area contributed by atoms with Gasteiger partial charge < -0.3 is 5.32 Å². The van der Waals surface area contributed by atoms with Gasteiger partial charge in [0, 0.05) is 6.04 Å². The molecule has 104 valence electrons. The molecule has 2 fully saturated rings. The smallest absolute Gasteiger partial charge is 0.250 e. The summed E-state index contributed by atoms with van der Waals surface area (Å²) in [5.74, 6) is 0.148. The van der Waals surface area contributed by atoms with Gasteiger partial charge in [-0.05, 0) is 39.0 Å². The molecule has 2 rings (SSSR count). The van der Waals surface area contributed by atoms with Gasteiger partial charge in [-0.25, -0.2) is 8.42 Å². The highest BCUT2D eigenvalue weighted by molar-refractivity contribution is 7.90. The molecule has 5 nitrogen and oxygen atoms in total. The van der Waals surface area contributed by atoms with E-state index in [-0.39, 0.29) is 6.04 Å². The molecule has 18 heavy (non-hydrogen) atoms. The molecule has 1 aliphatic carbocycles. The summed E-state index contributed by atoms with van der Waals surface area (Å²) in [6.07, 6.45) is 5.45. The number of nitrogens with one attached hydrogen (secondary N) is 2. The van der Waals surface area contributed by atoms with Crippen LogP contribution in [0.1, 0.15) is 46.0 Å². The monoisotopic (exact) mass is 274 g/mol. The first-order valence-electron chi connectivity index (χ1n) is 6.71. The van der Waals surface area contributed by atoms with Crippen molar-refractivity contribution in [2.45, 2.75) is 63.3 Å². The standard InChI is InChI=1S/C12H22N2O3S/c1-8(2)18(16,17)14-12(15)11-7-9-5-3-4-6-10(9)13-11/h8-11,13H,3-7H2,1-2H3,(H,14,15). The van der Waals surface area contributed by atoms with Crippen molar-refractivity contribution in [2.24, 2.45) is 5.92 Å². The molecule has 0 bridgehead atoms. The summed E-state index contributed by atoms with van der Waals surface area (Å²) in [6, 6.07) is 0.0582. The van der Waals surface area contributed by atoms with Gasteiger partial charge in [-0.3, -0.25) is 9.52 Å². The number of fused-ring (bicyclic) bond motifs is 1. The minimum Gasteiger partial charge on any atom is -0.303 e. The maximum atomic E-state index is 12.0. The Morgan fingerprint density at radius 2 is 1.94 bits per heavy atom. The molecule has 1 saturated carbocycles. The summed E-state index contributed by atoms with van der Waals surface area (Å²) < 4.78 is 25.5. The Kier molecular flexibility index (Phi) is 3.96. The molecule has 0 aromatic rings. The number of carbonyl (C=O) groups excluding carboxylic acids is 1. The quantitative estimate of drug-likeness (QED) is 0.797. The lowest BCUT2D eigenvalue weighted by atomic mass is 9.85. The number of hydrogen-bond donors (Lipinski definition) is 2. The molecule has 2 aliphatic rings. The van der Waals surface area contributed by atoms with Crippen molar-refractivity contribution in [3.05, 3.63) is 0 Å². The van der Waals surface area contributed by atoms with Crippen LogP contribution in [-0.4, -0.2) is 31.7 Å². The molecule has 0 spiro atoms. The van der Waals surface area contributed by atoms with Crippen LogP contribution in [0.5, 0.6) is 0 Å². The van der Waals surface area contributed by atoms with Gasteiger partial charge in [0.05, 0.1) is 11.3 Å². The molecule has 1 amide bonds. The van der Waals surface area contributed by atoms with Crippen LogP contribution in [0.3, 0.4) is 0 Å². The highest BCUT2D eigenvalue weighted by Gasteiger charge is 2.39. The van der Waals surface area contributed by atoms with Crippen molar-refractivity contribution in [3.63, 3.8) is 0 Å².